The summed E-state index contributed by atoms with van der Waals surface area (Å²) in [4.78, 5) is 25.9. The molecule has 0 unspecified atom stereocenters. The molecule has 2 aliphatic rings. The first-order chi connectivity index (χ1) is 19.1. The van der Waals surface area contributed by atoms with Gasteiger partial charge in [-0.25, -0.2) is 0 Å². The molecule has 7 nitrogen and oxygen atoms in total. The molecule has 2 saturated heterocycles. The highest BCUT2D eigenvalue weighted by atomic mass is 16.5. The molecule has 39 heavy (non-hydrogen) atoms. The Morgan fingerprint density at radius 3 is 2.33 bits per heavy atom. The van der Waals surface area contributed by atoms with E-state index in [4.69, 9.17) is 14.5 Å². The Hall–Kier alpha value is -3.84. The number of rotatable bonds is 6. The molecule has 6 rings (SSSR count). The van der Waals surface area contributed by atoms with Gasteiger partial charge in [-0.3, -0.25) is 9.78 Å². The van der Waals surface area contributed by atoms with Crippen molar-refractivity contribution in [2.75, 3.05) is 40.4 Å². The fourth-order valence-corrected chi connectivity index (χ4v) is 6.18. The third-order valence-electron chi connectivity index (χ3n) is 8.46. The molecule has 1 amide bonds. The number of aromatic amines is 1. The quantitative estimate of drug-likeness (QED) is 0.349. The summed E-state index contributed by atoms with van der Waals surface area (Å²) < 4.78 is 10.9. The normalized spacial score (nSPS) is 17.4. The van der Waals surface area contributed by atoms with Gasteiger partial charge in [0.05, 0.1) is 14.2 Å². The number of nitrogens with zero attached hydrogens (tertiary/aromatic N) is 3. The van der Waals surface area contributed by atoms with Gasteiger partial charge >= 0.3 is 0 Å². The van der Waals surface area contributed by atoms with Crippen LogP contribution in [0, 0.1) is 0 Å². The zero-order valence-corrected chi connectivity index (χ0v) is 22.7. The average molecular weight is 525 g/mol. The summed E-state index contributed by atoms with van der Waals surface area (Å²) in [6.07, 6.45) is 6.33. The van der Waals surface area contributed by atoms with E-state index in [9.17, 15) is 4.79 Å². The topological polar surface area (TPSA) is 70.7 Å². The van der Waals surface area contributed by atoms with Gasteiger partial charge in [0.15, 0.2) is 11.5 Å². The van der Waals surface area contributed by atoms with Crippen LogP contribution in [0.5, 0.6) is 11.5 Å². The molecule has 0 aliphatic carbocycles. The number of piperidine rings is 2. The maximum Gasteiger partial charge on any atom is 0.253 e. The van der Waals surface area contributed by atoms with Crippen molar-refractivity contribution in [3.8, 4) is 22.8 Å². The number of carbonyl (C=O) groups excluding carboxylic acids is 1. The number of amides is 1. The zero-order chi connectivity index (χ0) is 26.8. The lowest BCUT2D eigenvalue weighted by molar-refractivity contribution is 0.0577. The minimum atomic E-state index is 0.160. The molecular formula is C32H36N4O3. The van der Waals surface area contributed by atoms with Gasteiger partial charge in [-0.2, -0.15) is 0 Å². The number of benzene rings is 2. The molecular weight excluding hydrogens is 488 g/mol. The van der Waals surface area contributed by atoms with Gasteiger partial charge in [0.2, 0.25) is 0 Å². The average Bonchev–Trinajstić information content (AvgIpc) is 3.44. The van der Waals surface area contributed by atoms with E-state index < -0.39 is 0 Å². The smallest absolute Gasteiger partial charge is 0.253 e. The molecule has 4 heterocycles. The molecule has 2 aromatic heterocycles. The maximum atomic E-state index is 12.8. The van der Waals surface area contributed by atoms with Crippen LogP contribution in [0.1, 0.15) is 47.7 Å². The van der Waals surface area contributed by atoms with Gasteiger partial charge in [0, 0.05) is 64.7 Å². The first-order valence-electron chi connectivity index (χ1n) is 13.9. The highest BCUT2D eigenvalue weighted by molar-refractivity contribution is 5.94. The van der Waals surface area contributed by atoms with Crippen LogP contribution in [0.3, 0.4) is 0 Å². The molecule has 4 aromatic rings. The Labute approximate surface area is 229 Å². The van der Waals surface area contributed by atoms with Crippen LogP contribution < -0.4 is 9.47 Å². The number of nitrogens with one attached hydrogen (secondary N) is 1. The lowest BCUT2D eigenvalue weighted by atomic mass is 9.90. The fraction of sp³-hybridized carbons (Fsp3) is 0.375. The summed E-state index contributed by atoms with van der Waals surface area (Å²) in [5, 5.41) is 1.11. The van der Waals surface area contributed by atoms with Crippen LogP contribution in [0.25, 0.3) is 22.2 Å². The van der Waals surface area contributed by atoms with E-state index in [-0.39, 0.29) is 5.91 Å². The van der Waals surface area contributed by atoms with Crippen molar-refractivity contribution in [3.05, 3.63) is 78.1 Å². The molecule has 0 saturated carbocycles. The van der Waals surface area contributed by atoms with Crippen LogP contribution >= 0.6 is 0 Å². The Balaban J connectivity index is 1.07. The third kappa shape index (κ3) is 5.23. The molecule has 2 fully saturated rings. The maximum absolute atomic E-state index is 12.8. The number of H-pyrrole nitrogens is 1. The largest absolute Gasteiger partial charge is 0.493 e. The molecule has 202 valence electrons. The molecule has 0 atom stereocenters. The highest BCUT2D eigenvalue weighted by Crippen LogP contribution is 2.35. The molecule has 2 aliphatic heterocycles. The predicted molar refractivity (Wildman–Crippen MR) is 154 cm³/mol. The summed E-state index contributed by atoms with van der Waals surface area (Å²) in [6.45, 7) is 3.85. The lowest BCUT2D eigenvalue weighted by Gasteiger charge is -2.41. The second-order valence-electron chi connectivity index (χ2n) is 10.6. The summed E-state index contributed by atoms with van der Waals surface area (Å²) in [5.74, 6) is 2.07. The van der Waals surface area contributed by atoms with E-state index in [1.54, 1.807) is 14.2 Å². The van der Waals surface area contributed by atoms with E-state index in [1.165, 1.54) is 5.69 Å². The minimum absolute atomic E-state index is 0.160. The third-order valence-corrected chi connectivity index (χ3v) is 8.46. The van der Waals surface area contributed by atoms with Crippen LogP contribution in [0.4, 0.5) is 0 Å². The fourth-order valence-electron chi connectivity index (χ4n) is 6.18. The SMILES string of the molecule is COc1ccc(-c2cc3cnc(C4CCN(C5CCN(C(=O)c6ccccc6)CC5)CC4)cc3[nH]2)cc1OC. The van der Waals surface area contributed by atoms with Gasteiger partial charge < -0.3 is 24.3 Å². The Bertz CT molecular complexity index is 1430. The second kappa shape index (κ2) is 11.1. The predicted octanol–water partition coefficient (Wildman–Crippen LogP) is 5.73. The van der Waals surface area contributed by atoms with E-state index in [0.29, 0.717) is 17.7 Å². The number of fused-ring (bicyclic) bond motifs is 1. The van der Waals surface area contributed by atoms with Gasteiger partial charge in [-0.1, -0.05) is 18.2 Å². The molecule has 0 spiro atoms. The van der Waals surface area contributed by atoms with E-state index in [2.05, 4.69) is 22.0 Å². The number of carbonyl (C=O) groups is 1. The van der Waals surface area contributed by atoms with Crippen molar-refractivity contribution in [2.45, 2.75) is 37.6 Å². The van der Waals surface area contributed by atoms with E-state index >= 15 is 0 Å². The van der Waals surface area contributed by atoms with Gasteiger partial charge in [0.25, 0.3) is 5.91 Å². The van der Waals surface area contributed by atoms with Crippen molar-refractivity contribution >= 4 is 16.8 Å². The molecule has 1 N–H and O–H groups in total. The van der Waals surface area contributed by atoms with Crippen molar-refractivity contribution in [2.24, 2.45) is 0 Å². The Kier molecular flexibility index (Phi) is 7.24. The Morgan fingerprint density at radius 1 is 0.872 bits per heavy atom. The van der Waals surface area contributed by atoms with Crippen molar-refractivity contribution < 1.29 is 14.3 Å². The van der Waals surface area contributed by atoms with E-state index in [0.717, 1.165) is 85.3 Å². The number of hydrogen-bond acceptors (Lipinski definition) is 5. The lowest BCUT2D eigenvalue weighted by Crippen LogP contribution is -2.48. The van der Waals surface area contributed by atoms with Crippen LogP contribution in [-0.4, -0.2) is 72.1 Å². The molecule has 0 radical (unpaired) electrons. The van der Waals surface area contributed by atoms with Crippen molar-refractivity contribution in [1.29, 1.82) is 0 Å². The number of pyridine rings is 1. The Morgan fingerprint density at radius 2 is 1.62 bits per heavy atom. The van der Waals surface area contributed by atoms with E-state index in [1.807, 2.05) is 59.6 Å². The van der Waals surface area contributed by atoms with Crippen LogP contribution in [0.15, 0.2) is 66.9 Å². The molecule has 2 aromatic carbocycles. The van der Waals surface area contributed by atoms with Crippen LogP contribution in [-0.2, 0) is 0 Å². The molecule has 7 heteroatoms. The summed E-state index contributed by atoms with van der Waals surface area (Å²) in [7, 11) is 3.31. The first kappa shape index (κ1) is 25.4. The van der Waals surface area contributed by atoms with Crippen molar-refractivity contribution in [3.63, 3.8) is 0 Å². The standard InChI is InChI=1S/C32H36N4O3/c1-38-30-9-8-24(19-31(30)39-2)28-18-25-21-33-27(20-29(25)34-28)22-10-14-35(15-11-22)26-12-16-36(17-13-26)32(37)23-6-4-3-5-7-23/h3-9,18-22,26,34H,10-17H2,1-2H3. The monoisotopic (exact) mass is 524 g/mol. The number of methoxy groups -OCH3 is 2. The number of hydrogen-bond donors (Lipinski definition) is 1. The highest BCUT2D eigenvalue weighted by Gasteiger charge is 2.30. The number of ether oxygens (including phenoxy) is 2. The van der Waals surface area contributed by atoms with Gasteiger partial charge in [0.1, 0.15) is 0 Å². The number of likely N-dealkylation sites (tertiary alicyclic amines) is 2. The summed E-state index contributed by atoms with van der Waals surface area (Å²) >= 11 is 0. The molecule has 0 bridgehead atoms. The van der Waals surface area contributed by atoms with Gasteiger partial charge in [-0.05, 0) is 81.2 Å². The first-order valence-corrected chi connectivity index (χ1v) is 13.9. The van der Waals surface area contributed by atoms with Gasteiger partial charge in [-0.15, -0.1) is 0 Å². The van der Waals surface area contributed by atoms with Crippen molar-refractivity contribution in [1.82, 2.24) is 19.8 Å². The summed E-state index contributed by atoms with van der Waals surface area (Å²) in [6, 6.07) is 20.6. The second-order valence-corrected chi connectivity index (χ2v) is 10.6. The summed E-state index contributed by atoms with van der Waals surface area (Å²) in [5.41, 5.74) is 5.17. The minimum Gasteiger partial charge on any atom is -0.493 e. The van der Waals surface area contributed by atoms with Crippen LogP contribution in [0.2, 0.25) is 0 Å². The number of aromatic nitrogens is 2. The zero-order valence-electron chi connectivity index (χ0n) is 22.7.